The van der Waals surface area contributed by atoms with Crippen LogP contribution in [-0.4, -0.2) is 60.1 Å². The highest BCUT2D eigenvalue weighted by Crippen LogP contribution is 2.21. The van der Waals surface area contributed by atoms with Gasteiger partial charge in [0.15, 0.2) is 0 Å². The van der Waals surface area contributed by atoms with Crippen LogP contribution >= 0.6 is 0 Å². The Kier molecular flexibility index (Phi) is 6.33. The Balaban J connectivity index is 1.59. The average Bonchev–Trinajstić information content (AvgIpc) is 2.61. The lowest BCUT2D eigenvalue weighted by atomic mass is 9.92. The molecular formula is C21H33N3O2. The molecule has 4 atom stereocenters. The molecule has 144 valence electrons. The van der Waals surface area contributed by atoms with Crippen molar-refractivity contribution in [2.24, 2.45) is 11.7 Å². The van der Waals surface area contributed by atoms with Crippen LogP contribution in [0.15, 0.2) is 24.3 Å². The van der Waals surface area contributed by atoms with Gasteiger partial charge in [-0.05, 0) is 57.2 Å². The molecule has 0 spiro atoms. The van der Waals surface area contributed by atoms with E-state index in [0.29, 0.717) is 5.92 Å². The molecule has 2 N–H and O–H groups in total. The molecular weight excluding hydrogens is 326 g/mol. The summed E-state index contributed by atoms with van der Waals surface area (Å²) in [6.45, 7) is 10.7. The van der Waals surface area contributed by atoms with Crippen molar-refractivity contribution in [1.29, 1.82) is 0 Å². The molecule has 2 heterocycles. The fraction of sp³-hybridized carbons (Fsp3) is 0.667. The molecule has 0 saturated carbocycles. The van der Waals surface area contributed by atoms with Crippen molar-refractivity contribution in [1.82, 2.24) is 9.80 Å². The first-order chi connectivity index (χ1) is 12.4. The molecule has 1 amide bonds. The summed E-state index contributed by atoms with van der Waals surface area (Å²) in [5, 5.41) is 0. The van der Waals surface area contributed by atoms with Crippen molar-refractivity contribution in [2.75, 3.05) is 26.2 Å². The molecule has 1 aromatic rings. The molecule has 0 radical (unpaired) electrons. The Morgan fingerprint density at radius 3 is 2.46 bits per heavy atom. The standard InChI is InChI=1S/C21H33N3O2/c1-15-11-23(12-16(2)26-15)13-18-6-8-19(9-7-18)21(25)24-10-4-5-20(14-24)17(3)22/h6-9,15-17,20H,4-5,10-14,22H2,1-3H3. The summed E-state index contributed by atoms with van der Waals surface area (Å²) in [4.78, 5) is 17.2. The maximum Gasteiger partial charge on any atom is 0.253 e. The molecule has 2 saturated heterocycles. The van der Waals surface area contributed by atoms with Crippen molar-refractivity contribution >= 4 is 5.91 Å². The van der Waals surface area contributed by atoms with Gasteiger partial charge in [0, 0.05) is 44.3 Å². The minimum absolute atomic E-state index is 0.135. The lowest BCUT2D eigenvalue weighted by Crippen LogP contribution is -2.45. The molecule has 3 rings (SSSR count). The zero-order chi connectivity index (χ0) is 18.7. The predicted octanol–water partition coefficient (Wildman–Crippen LogP) is 2.50. The van der Waals surface area contributed by atoms with Gasteiger partial charge in [-0.1, -0.05) is 12.1 Å². The van der Waals surface area contributed by atoms with Crippen LogP contribution in [0.4, 0.5) is 0 Å². The van der Waals surface area contributed by atoms with Crippen LogP contribution in [0.25, 0.3) is 0 Å². The van der Waals surface area contributed by atoms with E-state index in [1.165, 1.54) is 5.56 Å². The van der Waals surface area contributed by atoms with E-state index in [4.69, 9.17) is 10.5 Å². The van der Waals surface area contributed by atoms with Gasteiger partial charge < -0.3 is 15.4 Å². The van der Waals surface area contributed by atoms with Gasteiger partial charge in [-0.15, -0.1) is 0 Å². The van der Waals surface area contributed by atoms with E-state index in [1.54, 1.807) is 0 Å². The van der Waals surface area contributed by atoms with Crippen LogP contribution in [0.3, 0.4) is 0 Å². The van der Waals surface area contributed by atoms with Gasteiger partial charge in [0.2, 0.25) is 0 Å². The summed E-state index contributed by atoms with van der Waals surface area (Å²) in [5.74, 6) is 0.549. The van der Waals surface area contributed by atoms with E-state index < -0.39 is 0 Å². The third-order valence-corrected chi connectivity index (χ3v) is 5.59. The highest BCUT2D eigenvalue weighted by Gasteiger charge is 2.26. The highest BCUT2D eigenvalue weighted by atomic mass is 16.5. The minimum atomic E-state index is 0.135. The lowest BCUT2D eigenvalue weighted by Gasteiger charge is -2.35. The van der Waals surface area contributed by atoms with Gasteiger partial charge in [0.25, 0.3) is 5.91 Å². The first kappa shape index (κ1) is 19.3. The molecule has 2 aliphatic heterocycles. The second-order valence-electron chi connectivity index (χ2n) is 8.16. The number of benzene rings is 1. The smallest absolute Gasteiger partial charge is 0.253 e. The lowest BCUT2D eigenvalue weighted by molar-refractivity contribution is -0.0704. The number of nitrogens with zero attached hydrogens (tertiary/aromatic N) is 2. The van der Waals surface area contributed by atoms with Crippen molar-refractivity contribution in [3.8, 4) is 0 Å². The summed E-state index contributed by atoms with van der Waals surface area (Å²) in [5.41, 5.74) is 8.07. The van der Waals surface area contributed by atoms with Crippen LogP contribution in [-0.2, 0) is 11.3 Å². The number of hydrogen-bond donors (Lipinski definition) is 1. The summed E-state index contributed by atoms with van der Waals surface area (Å²) in [7, 11) is 0. The molecule has 0 bridgehead atoms. The first-order valence-electron chi connectivity index (χ1n) is 9.94. The van der Waals surface area contributed by atoms with Crippen LogP contribution in [0.2, 0.25) is 0 Å². The topological polar surface area (TPSA) is 58.8 Å². The Morgan fingerprint density at radius 1 is 1.19 bits per heavy atom. The Hall–Kier alpha value is -1.43. The number of carbonyl (C=O) groups is 1. The fourth-order valence-corrected chi connectivity index (χ4v) is 4.23. The Morgan fingerprint density at radius 2 is 1.85 bits per heavy atom. The first-order valence-corrected chi connectivity index (χ1v) is 9.94. The number of hydrogen-bond acceptors (Lipinski definition) is 4. The van der Waals surface area contributed by atoms with Gasteiger partial charge in [0.05, 0.1) is 12.2 Å². The largest absolute Gasteiger partial charge is 0.373 e. The van der Waals surface area contributed by atoms with Crippen molar-refractivity contribution in [3.63, 3.8) is 0 Å². The molecule has 5 heteroatoms. The molecule has 2 aliphatic rings. The monoisotopic (exact) mass is 359 g/mol. The van der Waals surface area contributed by atoms with E-state index in [2.05, 4.69) is 30.9 Å². The Labute approximate surface area is 157 Å². The molecule has 26 heavy (non-hydrogen) atoms. The maximum atomic E-state index is 12.8. The van der Waals surface area contributed by atoms with Crippen molar-refractivity contribution < 1.29 is 9.53 Å². The summed E-state index contributed by atoms with van der Waals surface area (Å²) < 4.78 is 5.80. The molecule has 0 aromatic heterocycles. The number of morpholine rings is 1. The molecule has 5 nitrogen and oxygen atoms in total. The quantitative estimate of drug-likeness (QED) is 0.897. The Bertz CT molecular complexity index is 592. The van der Waals surface area contributed by atoms with Gasteiger partial charge in [-0.25, -0.2) is 0 Å². The molecule has 2 fully saturated rings. The molecule has 1 aromatic carbocycles. The summed E-state index contributed by atoms with van der Waals surface area (Å²) in [6, 6.07) is 8.27. The second-order valence-corrected chi connectivity index (χ2v) is 8.16. The van der Waals surface area contributed by atoms with E-state index in [0.717, 1.165) is 51.1 Å². The zero-order valence-corrected chi connectivity index (χ0v) is 16.4. The summed E-state index contributed by atoms with van der Waals surface area (Å²) in [6.07, 6.45) is 2.72. The highest BCUT2D eigenvalue weighted by molar-refractivity contribution is 5.94. The van der Waals surface area contributed by atoms with Crippen molar-refractivity contribution in [2.45, 2.75) is 58.4 Å². The van der Waals surface area contributed by atoms with Crippen molar-refractivity contribution in [3.05, 3.63) is 35.4 Å². The average molecular weight is 360 g/mol. The number of amides is 1. The SMILES string of the molecule is CC1CN(Cc2ccc(C(=O)N3CCCC(C(C)N)C3)cc2)CC(C)O1. The molecule has 4 unspecified atom stereocenters. The van der Waals surface area contributed by atoms with Crippen LogP contribution in [0.1, 0.15) is 49.5 Å². The third kappa shape index (κ3) is 4.84. The van der Waals surface area contributed by atoms with Gasteiger partial charge in [0.1, 0.15) is 0 Å². The zero-order valence-electron chi connectivity index (χ0n) is 16.4. The number of likely N-dealkylation sites (tertiary alicyclic amines) is 1. The van der Waals surface area contributed by atoms with E-state index >= 15 is 0 Å². The van der Waals surface area contributed by atoms with E-state index in [-0.39, 0.29) is 24.2 Å². The maximum absolute atomic E-state index is 12.8. The van der Waals surface area contributed by atoms with Gasteiger partial charge >= 0.3 is 0 Å². The normalized spacial score (nSPS) is 28.8. The van der Waals surface area contributed by atoms with Crippen LogP contribution in [0.5, 0.6) is 0 Å². The van der Waals surface area contributed by atoms with Crippen LogP contribution in [0, 0.1) is 5.92 Å². The number of carbonyl (C=O) groups excluding carboxylic acids is 1. The predicted molar refractivity (Wildman–Crippen MR) is 104 cm³/mol. The number of nitrogens with two attached hydrogens (primary N) is 1. The van der Waals surface area contributed by atoms with Gasteiger partial charge in [-0.2, -0.15) is 0 Å². The molecule has 0 aliphatic carbocycles. The third-order valence-electron chi connectivity index (χ3n) is 5.59. The fourth-order valence-electron chi connectivity index (χ4n) is 4.23. The van der Waals surface area contributed by atoms with E-state index in [1.807, 2.05) is 24.0 Å². The second kappa shape index (κ2) is 8.51. The minimum Gasteiger partial charge on any atom is -0.373 e. The summed E-state index contributed by atoms with van der Waals surface area (Å²) >= 11 is 0. The number of rotatable bonds is 4. The van der Waals surface area contributed by atoms with E-state index in [9.17, 15) is 4.79 Å². The number of piperidine rings is 1. The number of ether oxygens (including phenoxy) is 1. The van der Waals surface area contributed by atoms with Gasteiger partial charge in [-0.3, -0.25) is 9.69 Å². The van der Waals surface area contributed by atoms with Crippen LogP contribution < -0.4 is 5.73 Å².